The Morgan fingerprint density at radius 3 is 2.57 bits per heavy atom. The summed E-state index contributed by atoms with van der Waals surface area (Å²) in [4.78, 5) is 14.9. The highest BCUT2D eigenvalue weighted by Crippen LogP contribution is 2.47. The molecule has 3 rings (SSSR count). The van der Waals surface area contributed by atoms with Crippen LogP contribution in [0.4, 0.5) is 0 Å². The van der Waals surface area contributed by atoms with Gasteiger partial charge in [-0.25, -0.2) is 0 Å². The zero-order valence-electron chi connectivity index (χ0n) is 14.2. The number of carbonyl (C=O) groups excluding carboxylic acids is 1. The van der Waals surface area contributed by atoms with Crippen LogP contribution in [0.3, 0.4) is 0 Å². The molecule has 5 atom stereocenters. The minimum atomic E-state index is 0. The maximum absolute atomic E-state index is 12.4. The third-order valence-electron chi connectivity index (χ3n) is 6.15. The highest BCUT2D eigenvalue weighted by molar-refractivity contribution is 5.85. The number of likely N-dealkylation sites (tertiary alicyclic amines) is 1. The number of carbonyl (C=O) groups is 1. The lowest BCUT2D eigenvalue weighted by atomic mass is 9.84. The van der Waals surface area contributed by atoms with Crippen LogP contribution in [-0.2, 0) is 4.79 Å². The summed E-state index contributed by atoms with van der Waals surface area (Å²) in [6, 6.07) is 0.833. The maximum Gasteiger partial charge on any atom is 0.224 e. The van der Waals surface area contributed by atoms with Gasteiger partial charge in [-0.2, -0.15) is 0 Å². The van der Waals surface area contributed by atoms with Crippen molar-refractivity contribution in [1.82, 2.24) is 10.2 Å². The normalized spacial score (nSPS) is 36.2. The number of nitrogens with two attached hydrogens (primary N) is 1. The smallest absolute Gasteiger partial charge is 0.224 e. The average molecular weight is 366 g/mol. The van der Waals surface area contributed by atoms with Gasteiger partial charge in [-0.3, -0.25) is 4.79 Å². The highest BCUT2D eigenvalue weighted by atomic mass is 35.5. The molecule has 1 aliphatic heterocycles. The molecule has 136 valence electrons. The Morgan fingerprint density at radius 2 is 1.91 bits per heavy atom. The third kappa shape index (κ3) is 4.75. The largest absolute Gasteiger partial charge is 0.356 e. The molecule has 0 aromatic rings. The van der Waals surface area contributed by atoms with Gasteiger partial charge in [-0.15, -0.1) is 24.8 Å². The number of nitrogens with zero attached hydrogens (tertiary/aromatic N) is 1. The van der Waals surface area contributed by atoms with E-state index < -0.39 is 0 Å². The number of hydrogen-bond donors (Lipinski definition) is 2. The summed E-state index contributed by atoms with van der Waals surface area (Å²) in [5, 5.41) is 3.15. The number of hydrogen-bond acceptors (Lipinski definition) is 3. The molecule has 5 unspecified atom stereocenters. The molecule has 3 fully saturated rings. The number of amides is 1. The van der Waals surface area contributed by atoms with E-state index in [4.69, 9.17) is 5.73 Å². The first-order valence-corrected chi connectivity index (χ1v) is 8.94. The molecule has 3 aliphatic rings. The van der Waals surface area contributed by atoms with Crippen molar-refractivity contribution in [2.24, 2.45) is 23.5 Å². The van der Waals surface area contributed by atoms with E-state index in [1.165, 1.54) is 45.1 Å². The second-order valence-corrected chi connectivity index (χ2v) is 7.46. The SMILES string of the molecule is CC1CCCCN1CCCNC(=O)C1C2CCC(C2)C1N.Cl.Cl. The molecule has 3 N–H and O–H groups in total. The minimum Gasteiger partial charge on any atom is -0.356 e. The van der Waals surface area contributed by atoms with Crippen molar-refractivity contribution >= 4 is 30.7 Å². The second-order valence-electron chi connectivity index (χ2n) is 7.46. The molecule has 1 heterocycles. The molecule has 0 aromatic carbocycles. The fourth-order valence-corrected chi connectivity index (χ4v) is 4.83. The molecular weight excluding hydrogens is 333 g/mol. The van der Waals surface area contributed by atoms with Crippen molar-refractivity contribution in [3.63, 3.8) is 0 Å². The van der Waals surface area contributed by atoms with Crippen LogP contribution in [0.1, 0.15) is 51.9 Å². The van der Waals surface area contributed by atoms with Gasteiger partial charge in [0, 0.05) is 25.2 Å². The van der Waals surface area contributed by atoms with Gasteiger partial charge < -0.3 is 16.0 Å². The summed E-state index contributed by atoms with van der Waals surface area (Å²) in [5.41, 5.74) is 6.24. The van der Waals surface area contributed by atoms with E-state index in [0.29, 0.717) is 17.9 Å². The number of halogens is 2. The van der Waals surface area contributed by atoms with E-state index in [-0.39, 0.29) is 42.7 Å². The summed E-state index contributed by atoms with van der Waals surface area (Å²) in [6.07, 6.45) is 8.72. The Bertz CT molecular complexity index is 381. The molecule has 23 heavy (non-hydrogen) atoms. The van der Waals surface area contributed by atoms with E-state index in [1.54, 1.807) is 0 Å². The molecular formula is C17H33Cl2N3O. The van der Waals surface area contributed by atoms with Gasteiger partial charge in [0.25, 0.3) is 0 Å². The molecule has 1 saturated heterocycles. The molecule has 0 aromatic heterocycles. The average Bonchev–Trinajstić information content (AvgIpc) is 3.06. The van der Waals surface area contributed by atoms with Crippen molar-refractivity contribution in [2.45, 2.75) is 64.0 Å². The molecule has 0 radical (unpaired) electrons. The summed E-state index contributed by atoms with van der Waals surface area (Å²) in [5.74, 6) is 1.49. The zero-order valence-corrected chi connectivity index (χ0v) is 15.8. The summed E-state index contributed by atoms with van der Waals surface area (Å²) in [7, 11) is 0. The Hall–Kier alpha value is -0.0300. The van der Waals surface area contributed by atoms with E-state index in [1.807, 2.05) is 0 Å². The summed E-state index contributed by atoms with van der Waals surface area (Å²) in [6.45, 7) is 5.48. The second kappa shape index (κ2) is 9.45. The zero-order chi connectivity index (χ0) is 14.8. The van der Waals surface area contributed by atoms with Crippen molar-refractivity contribution in [3.05, 3.63) is 0 Å². The van der Waals surface area contributed by atoms with Gasteiger partial charge in [0.15, 0.2) is 0 Å². The number of rotatable bonds is 5. The van der Waals surface area contributed by atoms with Gasteiger partial charge >= 0.3 is 0 Å². The number of piperidine rings is 1. The van der Waals surface area contributed by atoms with Crippen LogP contribution in [0.5, 0.6) is 0 Å². The summed E-state index contributed by atoms with van der Waals surface area (Å²) < 4.78 is 0. The monoisotopic (exact) mass is 365 g/mol. The van der Waals surface area contributed by atoms with Gasteiger partial charge in [-0.1, -0.05) is 6.42 Å². The van der Waals surface area contributed by atoms with Crippen LogP contribution < -0.4 is 11.1 Å². The maximum atomic E-state index is 12.4. The topological polar surface area (TPSA) is 58.4 Å². The van der Waals surface area contributed by atoms with Crippen molar-refractivity contribution < 1.29 is 4.79 Å². The molecule has 2 saturated carbocycles. The minimum absolute atomic E-state index is 0. The quantitative estimate of drug-likeness (QED) is 0.736. The molecule has 0 spiro atoms. The van der Waals surface area contributed by atoms with E-state index in [0.717, 1.165) is 19.5 Å². The van der Waals surface area contributed by atoms with Crippen LogP contribution in [0, 0.1) is 17.8 Å². The first-order chi connectivity index (χ1) is 10.2. The fourth-order valence-electron chi connectivity index (χ4n) is 4.83. The summed E-state index contributed by atoms with van der Waals surface area (Å²) >= 11 is 0. The highest BCUT2D eigenvalue weighted by Gasteiger charge is 2.48. The van der Waals surface area contributed by atoms with E-state index in [9.17, 15) is 4.79 Å². The Kier molecular flexibility index (Phi) is 8.64. The van der Waals surface area contributed by atoms with Gasteiger partial charge in [-0.05, 0) is 63.8 Å². The molecule has 2 bridgehead atoms. The van der Waals surface area contributed by atoms with Crippen LogP contribution in [0.25, 0.3) is 0 Å². The van der Waals surface area contributed by atoms with Gasteiger partial charge in [0.05, 0.1) is 5.92 Å². The predicted molar refractivity (Wildman–Crippen MR) is 99.3 cm³/mol. The lowest BCUT2D eigenvalue weighted by Crippen LogP contribution is -2.46. The van der Waals surface area contributed by atoms with Crippen LogP contribution in [0.15, 0.2) is 0 Å². The fraction of sp³-hybridized carbons (Fsp3) is 0.941. The molecule has 2 aliphatic carbocycles. The first-order valence-electron chi connectivity index (χ1n) is 8.94. The molecule has 1 amide bonds. The molecule has 6 heteroatoms. The van der Waals surface area contributed by atoms with Crippen LogP contribution in [-0.4, -0.2) is 42.5 Å². The predicted octanol–water partition coefficient (Wildman–Crippen LogP) is 2.58. The standard InChI is InChI=1S/C17H31N3O.2ClH/c1-12-5-2-3-9-20(12)10-4-8-19-17(21)15-13-6-7-14(11-13)16(15)18;;/h12-16H,2-11,18H2,1H3,(H,19,21);2*1H. The van der Waals surface area contributed by atoms with Crippen LogP contribution in [0.2, 0.25) is 0 Å². The first kappa shape index (κ1) is 21.0. The van der Waals surface area contributed by atoms with Crippen molar-refractivity contribution in [2.75, 3.05) is 19.6 Å². The van der Waals surface area contributed by atoms with Crippen molar-refractivity contribution in [1.29, 1.82) is 0 Å². The van der Waals surface area contributed by atoms with Crippen LogP contribution >= 0.6 is 24.8 Å². The lowest BCUT2D eigenvalue weighted by Gasteiger charge is -2.33. The third-order valence-corrected chi connectivity index (χ3v) is 6.15. The number of fused-ring (bicyclic) bond motifs is 2. The van der Waals surface area contributed by atoms with Gasteiger partial charge in [0.2, 0.25) is 5.91 Å². The molecule has 4 nitrogen and oxygen atoms in total. The van der Waals surface area contributed by atoms with Gasteiger partial charge in [0.1, 0.15) is 0 Å². The Balaban J connectivity index is 0.00000132. The lowest BCUT2D eigenvalue weighted by molar-refractivity contribution is -0.127. The number of nitrogens with one attached hydrogen (secondary N) is 1. The Morgan fingerprint density at radius 1 is 1.17 bits per heavy atom. The van der Waals surface area contributed by atoms with E-state index >= 15 is 0 Å². The van der Waals surface area contributed by atoms with Crippen molar-refractivity contribution in [3.8, 4) is 0 Å². The Labute approximate surface area is 153 Å². The van der Waals surface area contributed by atoms with E-state index in [2.05, 4.69) is 17.1 Å².